The van der Waals surface area contributed by atoms with Gasteiger partial charge in [0.15, 0.2) is 0 Å². The molecule has 0 saturated heterocycles. The lowest BCUT2D eigenvalue weighted by atomic mass is 9.92. The third-order valence-corrected chi connectivity index (χ3v) is 1.19. The lowest BCUT2D eigenvalue weighted by Gasteiger charge is -1.92. The van der Waals surface area contributed by atoms with Gasteiger partial charge in [0.25, 0.3) is 7.48 Å². The minimum atomic E-state index is 0.861. The molecule has 0 aromatic carbocycles. The summed E-state index contributed by atoms with van der Waals surface area (Å²) in [6.45, 7) is 2.18. The topological polar surface area (TPSA) is 20.2 Å². The first kappa shape index (κ1) is 8.02. The van der Waals surface area contributed by atoms with Gasteiger partial charge in [-0.05, 0) is 0 Å². The molecule has 0 fully saturated rings. The van der Waals surface area contributed by atoms with Crippen molar-refractivity contribution in [2.75, 3.05) is 0 Å². The van der Waals surface area contributed by atoms with E-state index in [1.165, 1.54) is 26.7 Å². The number of hydrogen-bond donors (Lipinski definition) is 1. The molecule has 0 aromatic heterocycles. The zero-order chi connectivity index (χ0) is 6.24. The van der Waals surface area contributed by atoms with Gasteiger partial charge < -0.3 is 5.02 Å². The molecule has 1 nitrogen and oxygen atoms in total. The SMILES string of the molecule is CCCCCC[B]O. The fraction of sp³-hybridized carbons (Fsp3) is 1.00. The predicted molar refractivity (Wildman–Crippen MR) is 36.9 cm³/mol. The number of hydrogen-bond acceptors (Lipinski definition) is 1. The van der Waals surface area contributed by atoms with Crippen LogP contribution in [0.25, 0.3) is 0 Å². The van der Waals surface area contributed by atoms with Crippen molar-refractivity contribution in [3.05, 3.63) is 0 Å². The Morgan fingerprint density at radius 2 is 2.00 bits per heavy atom. The molecule has 47 valence electrons. The highest BCUT2D eigenvalue weighted by Gasteiger charge is 1.86. The Hall–Kier alpha value is 0.0249. The molecule has 0 unspecified atom stereocenters. The Morgan fingerprint density at radius 3 is 2.50 bits per heavy atom. The van der Waals surface area contributed by atoms with Gasteiger partial charge >= 0.3 is 0 Å². The standard InChI is InChI=1S/C6H14BO/c1-2-3-4-5-6-7-8/h8H,2-6H2,1H3. The second-order valence-corrected chi connectivity index (χ2v) is 2.03. The van der Waals surface area contributed by atoms with Crippen molar-refractivity contribution in [3.8, 4) is 0 Å². The van der Waals surface area contributed by atoms with Crippen LogP contribution >= 0.6 is 0 Å². The molecule has 0 rings (SSSR count). The summed E-state index contributed by atoms with van der Waals surface area (Å²) in [4.78, 5) is 0. The fourth-order valence-electron chi connectivity index (χ4n) is 0.662. The second kappa shape index (κ2) is 7.02. The fourth-order valence-corrected chi connectivity index (χ4v) is 0.662. The Labute approximate surface area is 52.4 Å². The van der Waals surface area contributed by atoms with Crippen molar-refractivity contribution in [3.63, 3.8) is 0 Å². The third-order valence-electron chi connectivity index (χ3n) is 1.19. The number of rotatable bonds is 5. The van der Waals surface area contributed by atoms with Gasteiger partial charge in [0.05, 0.1) is 0 Å². The monoisotopic (exact) mass is 113 g/mol. The van der Waals surface area contributed by atoms with Crippen molar-refractivity contribution in [2.45, 2.75) is 38.9 Å². The molecule has 0 saturated carbocycles. The molecule has 0 aliphatic rings. The van der Waals surface area contributed by atoms with Crippen molar-refractivity contribution in [1.29, 1.82) is 0 Å². The van der Waals surface area contributed by atoms with Crippen LogP contribution in [0.4, 0.5) is 0 Å². The molecule has 1 radical (unpaired) electrons. The van der Waals surface area contributed by atoms with E-state index in [4.69, 9.17) is 5.02 Å². The van der Waals surface area contributed by atoms with Crippen LogP contribution in [0.1, 0.15) is 32.6 Å². The summed E-state index contributed by atoms with van der Waals surface area (Å²) in [5, 5.41) is 8.24. The Morgan fingerprint density at radius 1 is 1.25 bits per heavy atom. The highest BCUT2D eigenvalue weighted by molar-refractivity contribution is 6.25. The quantitative estimate of drug-likeness (QED) is 0.424. The predicted octanol–water partition coefficient (Wildman–Crippen LogP) is 1.60. The molecule has 2 heteroatoms. The van der Waals surface area contributed by atoms with E-state index in [9.17, 15) is 0 Å². The maximum Gasteiger partial charge on any atom is 0.287 e. The van der Waals surface area contributed by atoms with E-state index < -0.39 is 0 Å². The highest BCUT2D eigenvalue weighted by Crippen LogP contribution is 2.00. The van der Waals surface area contributed by atoms with Crippen LogP contribution in [0.15, 0.2) is 0 Å². The first-order valence-corrected chi connectivity index (χ1v) is 3.37. The van der Waals surface area contributed by atoms with Gasteiger partial charge in [-0.15, -0.1) is 0 Å². The lowest BCUT2D eigenvalue weighted by Crippen LogP contribution is -1.85. The maximum absolute atomic E-state index is 8.24. The molecule has 8 heavy (non-hydrogen) atoms. The number of unbranched alkanes of at least 4 members (excludes halogenated alkanes) is 3. The van der Waals surface area contributed by atoms with E-state index in [-0.39, 0.29) is 0 Å². The molecule has 0 atom stereocenters. The summed E-state index contributed by atoms with van der Waals surface area (Å²) >= 11 is 0. The van der Waals surface area contributed by atoms with Crippen LogP contribution in [0.2, 0.25) is 6.32 Å². The summed E-state index contributed by atoms with van der Waals surface area (Å²) in [5.41, 5.74) is 0. The average molecular weight is 113 g/mol. The summed E-state index contributed by atoms with van der Waals surface area (Å²) < 4.78 is 0. The van der Waals surface area contributed by atoms with Crippen molar-refractivity contribution in [2.24, 2.45) is 0 Å². The first-order valence-electron chi connectivity index (χ1n) is 3.37. The zero-order valence-corrected chi connectivity index (χ0v) is 5.56. The van der Waals surface area contributed by atoms with E-state index in [0.717, 1.165) is 12.7 Å². The van der Waals surface area contributed by atoms with Gasteiger partial charge in [0.2, 0.25) is 0 Å². The van der Waals surface area contributed by atoms with Crippen LogP contribution in [0.3, 0.4) is 0 Å². The van der Waals surface area contributed by atoms with Gasteiger partial charge in [0, 0.05) is 0 Å². The average Bonchev–Trinajstić information content (AvgIpc) is 1.81. The van der Waals surface area contributed by atoms with E-state index in [0.29, 0.717) is 0 Å². The van der Waals surface area contributed by atoms with Gasteiger partial charge in [-0.3, -0.25) is 0 Å². The maximum atomic E-state index is 8.24. The van der Waals surface area contributed by atoms with Crippen LogP contribution in [-0.2, 0) is 0 Å². The van der Waals surface area contributed by atoms with Gasteiger partial charge in [-0.2, -0.15) is 0 Å². The first-order chi connectivity index (χ1) is 3.91. The lowest BCUT2D eigenvalue weighted by molar-refractivity contribution is 0.589. The van der Waals surface area contributed by atoms with E-state index in [1.807, 2.05) is 0 Å². The highest BCUT2D eigenvalue weighted by atomic mass is 16.2. The largest absolute Gasteiger partial charge is 0.454 e. The third kappa shape index (κ3) is 6.02. The van der Waals surface area contributed by atoms with Crippen LogP contribution in [-0.4, -0.2) is 12.5 Å². The summed E-state index contributed by atoms with van der Waals surface area (Å²) in [6.07, 6.45) is 5.83. The minimum Gasteiger partial charge on any atom is -0.454 e. The van der Waals surface area contributed by atoms with Crippen molar-refractivity contribution >= 4 is 7.48 Å². The summed E-state index contributed by atoms with van der Waals surface area (Å²) in [5.74, 6) is 0. The molecule has 0 aromatic rings. The molecule has 0 spiro atoms. The Kier molecular flexibility index (Phi) is 7.05. The van der Waals surface area contributed by atoms with E-state index in [1.54, 1.807) is 0 Å². The smallest absolute Gasteiger partial charge is 0.287 e. The Bertz CT molecular complexity index is 33.5. The normalized spacial score (nSPS) is 9.25. The van der Waals surface area contributed by atoms with Crippen LogP contribution < -0.4 is 0 Å². The molecule has 0 heterocycles. The minimum absolute atomic E-state index is 0.861. The molecule has 0 aliphatic heterocycles. The van der Waals surface area contributed by atoms with E-state index >= 15 is 0 Å². The molecule has 1 N–H and O–H groups in total. The summed E-state index contributed by atoms with van der Waals surface area (Å²) in [6, 6.07) is 0. The van der Waals surface area contributed by atoms with Gasteiger partial charge in [-0.1, -0.05) is 38.9 Å². The van der Waals surface area contributed by atoms with E-state index in [2.05, 4.69) is 6.92 Å². The zero-order valence-electron chi connectivity index (χ0n) is 5.56. The van der Waals surface area contributed by atoms with Gasteiger partial charge in [0.1, 0.15) is 0 Å². The molecular formula is C6H14BO. The molecule has 0 aliphatic carbocycles. The second-order valence-electron chi connectivity index (χ2n) is 2.03. The van der Waals surface area contributed by atoms with Crippen LogP contribution in [0, 0.1) is 0 Å². The molecule has 0 amide bonds. The molecule has 0 bridgehead atoms. The van der Waals surface area contributed by atoms with Gasteiger partial charge in [-0.25, -0.2) is 0 Å². The Balaban J connectivity index is 2.53. The van der Waals surface area contributed by atoms with Crippen molar-refractivity contribution < 1.29 is 5.02 Å². The summed E-state index contributed by atoms with van der Waals surface area (Å²) in [7, 11) is 1.25. The van der Waals surface area contributed by atoms with Crippen LogP contribution in [0.5, 0.6) is 0 Å². The van der Waals surface area contributed by atoms with Crippen molar-refractivity contribution in [1.82, 2.24) is 0 Å². The molecular weight excluding hydrogens is 98.9 g/mol.